The van der Waals surface area contributed by atoms with Crippen molar-refractivity contribution in [3.8, 4) is 0 Å². The molecule has 0 aromatic heterocycles. The van der Waals surface area contributed by atoms with E-state index < -0.39 is 0 Å². The Bertz CT molecular complexity index is 231. The first-order valence-electron chi connectivity index (χ1n) is 3.80. The number of benzene rings is 1. The molecule has 0 aliphatic carbocycles. The highest BCUT2D eigenvalue weighted by atomic mass is 14.0. The van der Waals surface area contributed by atoms with Crippen molar-refractivity contribution in [2.75, 3.05) is 0 Å². The monoisotopic (exact) mass is 130 g/mol. The molecule has 0 aliphatic rings. The van der Waals surface area contributed by atoms with Crippen molar-refractivity contribution in [1.82, 2.24) is 0 Å². The van der Waals surface area contributed by atoms with E-state index in [1.54, 1.807) is 0 Å². The second-order valence-corrected chi connectivity index (χ2v) is 2.71. The maximum Gasteiger partial charge on any atom is 0.139 e. The highest BCUT2D eigenvalue weighted by Gasteiger charge is 1.95. The first-order valence-corrected chi connectivity index (χ1v) is 3.80. The van der Waals surface area contributed by atoms with Gasteiger partial charge in [0.25, 0.3) is 0 Å². The molecule has 0 aliphatic heterocycles. The Morgan fingerprint density at radius 1 is 1.40 bits per heavy atom. The third kappa shape index (κ3) is 1.26. The first-order chi connectivity index (χ1) is 4.75. The molecule has 0 saturated heterocycles. The van der Waals surface area contributed by atoms with Crippen LogP contribution in [0.15, 0.2) is 18.2 Å². The molecule has 0 radical (unpaired) electrons. The van der Waals surface area contributed by atoms with Crippen LogP contribution in [0.3, 0.4) is 0 Å². The minimum atomic E-state index is 1.15. The lowest BCUT2D eigenvalue weighted by Crippen LogP contribution is -2.09. The molecule has 10 heavy (non-hydrogen) atoms. The predicted octanol–water partition coefficient (Wildman–Crippen LogP) is -0.613. The van der Waals surface area contributed by atoms with E-state index in [0.717, 1.165) is 6.32 Å². The van der Waals surface area contributed by atoms with E-state index in [0.29, 0.717) is 0 Å². The maximum absolute atomic E-state index is 2.20. The summed E-state index contributed by atoms with van der Waals surface area (Å²) in [6, 6.07) is 6.48. The molecule has 1 rings (SSSR count). The molecule has 0 fully saturated rings. The molecule has 0 nitrogen and oxygen atoms in total. The zero-order chi connectivity index (χ0) is 7.56. The smallest absolute Gasteiger partial charge is 0.0859 e. The Labute approximate surface area is 64.5 Å². The van der Waals surface area contributed by atoms with Gasteiger partial charge in [-0.15, -0.1) is 0 Å². The number of hydrogen-bond acceptors (Lipinski definition) is 0. The normalized spacial score (nSPS) is 9.70. The van der Waals surface area contributed by atoms with Gasteiger partial charge in [-0.05, 0) is 6.92 Å². The van der Waals surface area contributed by atoms with E-state index in [1.807, 2.05) is 0 Å². The molecule has 50 valence electrons. The second kappa shape index (κ2) is 2.96. The van der Waals surface area contributed by atoms with Gasteiger partial charge in [0.2, 0.25) is 0 Å². The lowest BCUT2D eigenvalue weighted by Gasteiger charge is -2.04. The third-order valence-corrected chi connectivity index (χ3v) is 2.10. The van der Waals surface area contributed by atoms with Gasteiger partial charge in [-0.1, -0.05) is 41.1 Å². The molecule has 0 heterocycles. The summed E-state index contributed by atoms with van der Waals surface area (Å²) < 4.78 is 0. The van der Waals surface area contributed by atoms with Crippen molar-refractivity contribution in [2.24, 2.45) is 0 Å². The average Bonchev–Trinajstić information content (AvgIpc) is 1.95. The van der Waals surface area contributed by atoms with Crippen molar-refractivity contribution in [3.05, 3.63) is 29.3 Å². The van der Waals surface area contributed by atoms with Crippen molar-refractivity contribution in [3.63, 3.8) is 0 Å². The molecule has 0 amide bonds. The van der Waals surface area contributed by atoms with Gasteiger partial charge in [0.1, 0.15) is 15.7 Å². The van der Waals surface area contributed by atoms with Crippen LogP contribution in [-0.4, -0.2) is 15.7 Å². The summed E-state index contributed by atoms with van der Waals surface area (Å²) in [6.07, 6.45) is 1.15. The summed E-state index contributed by atoms with van der Waals surface area (Å²) in [7, 11) is 4.36. The topological polar surface area (TPSA) is 0 Å². The zero-order valence-corrected chi connectivity index (χ0v) is 6.94. The molecule has 0 N–H and O–H groups in total. The molecule has 0 bridgehead atoms. The van der Waals surface area contributed by atoms with Crippen molar-refractivity contribution >= 4 is 21.2 Å². The predicted molar refractivity (Wildman–Crippen MR) is 51.6 cm³/mol. The summed E-state index contributed by atoms with van der Waals surface area (Å²) in [6.45, 7) is 2.19. The maximum atomic E-state index is 2.20. The molecule has 0 atom stereocenters. The van der Waals surface area contributed by atoms with E-state index in [4.69, 9.17) is 0 Å². The molecule has 1 aromatic carbocycles. The lowest BCUT2D eigenvalue weighted by atomic mass is 9.84. The molecular formula is C8H12B2. The Morgan fingerprint density at radius 2 is 2.10 bits per heavy atom. The fourth-order valence-electron chi connectivity index (χ4n) is 1.19. The first kappa shape index (κ1) is 7.46. The quantitative estimate of drug-likeness (QED) is 0.444. The number of hydrogen-bond donors (Lipinski definition) is 0. The van der Waals surface area contributed by atoms with Crippen LogP contribution in [0.5, 0.6) is 0 Å². The Hall–Kier alpha value is -0.650. The zero-order valence-electron chi connectivity index (χ0n) is 6.94. The fourth-order valence-corrected chi connectivity index (χ4v) is 1.19. The molecular weight excluding hydrogens is 118 g/mol. The molecule has 0 spiro atoms. The summed E-state index contributed by atoms with van der Waals surface area (Å²) in [5.41, 5.74) is 4.32. The van der Waals surface area contributed by atoms with Crippen molar-refractivity contribution < 1.29 is 0 Å². The highest BCUT2D eigenvalue weighted by Crippen LogP contribution is 2.02. The third-order valence-electron chi connectivity index (χ3n) is 2.10. The van der Waals surface area contributed by atoms with Gasteiger partial charge in [-0.25, -0.2) is 0 Å². The SMILES string of the molecule is BCc1cccc(B)c1C. The van der Waals surface area contributed by atoms with Crippen LogP contribution in [0.1, 0.15) is 11.1 Å². The van der Waals surface area contributed by atoms with E-state index in [-0.39, 0.29) is 0 Å². The van der Waals surface area contributed by atoms with Crippen LogP contribution in [-0.2, 0) is 6.32 Å². The highest BCUT2D eigenvalue weighted by molar-refractivity contribution is 6.33. The van der Waals surface area contributed by atoms with Crippen LogP contribution in [0.25, 0.3) is 0 Å². The van der Waals surface area contributed by atoms with Gasteiger partial charge >= 0.3 is 0 Å². The van der Waals surface area contributed by atoms with Crippen LogP contribution in [0, 0.1) is 6.92 Å². The largest absolute Gasteiger partial charge is 0.139 e. The minimum Gasteiger partial charge on any atom is -0.0859 e. The van der Waals surface area contributed by atoms with E-state index in [2.05, 4.69) is 40.8 Å². The van der Waals surface area contributed by atoms with Crippen LogP contribution >= 0.6 is 0 Å². The summed E-state index contributed by atoms with van der Waals surface area (Å²) >= 11 is 0. The van der Waals surface area contributed by atoms with Crippen LogP contribution in [0.4, 0.5) is 0 Å². The molecule has 0 unspecified atom stereocenters. The van der Waals surface area contributed by atoms with Gasteiger partial charge < -0.3 is 0 Å². The minimum absolute atomic E-state index is 1.15. The van der Waals surface area contributed by atoms with Gasteiger partial charge in [0.05, 0.1) is 0 Å². The fraction of sp³-hybridized carbons (Fsp3) is 0.250. The Morgan fingerprint density at radius 3 is 2.60 bits per heavy atom. The average molecular weight is 130 g/mol. The summed E-state index contributed by atoms with van der Waals surface area (Å²) in [5.74, 6) is 0. The molecule has 0 saturated carbocycles. The van der Waals surface area contributed by atoms with Crippen LogP contribution in [0.2, 0.25) is 0 Å². The molecule has 1 aromatic rings. The van der Waals surface area contributed by atoms with Crippen LogP contribution < -0.4 is 5.46 Å². The van der Waals surface area contributed by atoms with E-state index in [9.17, 15) is 0 Å². The Kier molecular flexibility index (Phi) is 2.21. The standard InChI is InChI=1S/C8H12B2/c1-6-7(5-9)3-2-4-8(6)10/h2-4H,5,9-10H2,1H3. The van der Waals surface area contributed by atoms with Gasteiger partial charge in [-0.2, -0.15) is 0 Å². The Balaban J connectivity index is 3.14. The molecule has 2 heteroatoms. The summed E-state index contributed by atoms with van der Waals surface area (Å²) in [4.78, 5) is 0. The lowest BCUT2D eigenvalue weighted by molar-refractivity contribution is 1.32. The van der Waals surface area contributed by atoms with Crippen molar-refractivity contribution in [1.29, 1.82) is 0 Å². The van der Waals surface area contributed by atoms with E-state index in [1.165, 1.54) is 16.6 Å². The van der Waals surface area contributed by atoms with Gasteiger partial charge in [0, 0.05) is 0 Å². The summed E-state index contributed by atoms with van der Waals surface area (Å²) in [5, 5.41) is 0. The van der Waals surface area contributed by atoms with Gasteiger partial charge in [-0.3, -0.25) is 0 Å². The van der Waals surface area contributed by atoms with E-state index >= 15 is 0 Å². The number of rotatable bonds is 1. The second-order valence-electron chi connectivity index (χ2n) is 2.71. The van der Waals surface area contributed by atoms with Crippen molar-refractivity contribution in [2.45, 2.75) is 13.2 Å². The van der Waals surface area contributed by atoms with Gasteiger partial charge in [0.15, 0.2) is 0 Å².